The van der Waals surface area contributed by atoms with Gasteiger partial charge in [-0.3, -0.25) is 4.79 Å². The lowest BCUT2D eigenvalue weighted by molar-refractivity contribution is 0.102. The molecule has 0 atom stereocenters. The van der Waals surface area contributed by atoms with Crippen LogP contribution in [0.15, 0.2) is 48.8 Å². The molecule has 0 aliphatic carbocycles. The molecule has 0 unspecified atom stereocenters. The van der Waals surface area contributed by atoms with Crippen LogP contribution in [0.2, 0.25) is 0 Å². The topological polar surface area (TPSA) is 81.2 Å². The molecule has 1 amide bonds. The van der Waals surface area contributed by atoms with Crippen molar-refractivity contribution in [1.82, 2.24) is 9.97 Å². The van der Waals surface area contributed by atoms with E-state index in [0.717, 1.165) is 42.7 Å². The number of fused-ring (bicyclic) bond motifs is 1. The highest BCUT2D eigenvalue weighted by molar-refractivity contribution is 6.13. The Balaban J connectivity index is 1.57. The molecule has 0 radical (unpaired) electrons. The van der Waals surface area contributed by atoms with Crippen LogP contribution in [0.3, 0.4) is 0 Å². The monoisotopic (exact) mass is 350 g/mol. The fraction of sp³-hybridized carbons (Fsp3) is 0.300. The summed E-state index contributed by atoms with van der Waals surface area (Å²) in [5, 5.41) is 13.2. The number of aliphatic hydroxyl groups is 1. The molecule has 1 aromatic carbocycles. The van der Waals surface area contributed by atoms with Crippen LogP contribution < -0.4 is 10.2 Å². The highest BCUT2D eigenvalue weighted by atomic mass is 16.3. The summed E-state index contributed by atoms with van der Waals surface area (Å²) in [5.74, 6) is 1.01. The summed E-state index contributed by atoms with van der Waals surface area (Å²) in [4.78, 5) is 22.7. The second kappa shape index (κ2) is 7.17. The lowest BCUT2D eigenvalue weighted by Gasteiger charge is -2.33. The van der Waals surface area contributed by atoms with Crippen molar-refractivity contribution < 1.29 is 9.90 Å². The molecule has 0 spiro atoms. The van der Waals surface area contributed by atoms with Gasteiger partial charge in [0.25, 0.3) is 5.91 Å². The highest BCUT2D eigenvalue weighted by Crippen LogP contribution is 2.28. The van der Waals surface area contributed by atoms with Gasteiger partial charge in [0.15, 0.2) is 5.82 Å². The Morgan fingerprint density at radius 1 is 1.23 bits per heavy atom. The van der Waals surface area contributed by atoms with Crippen LogP contribution >= 0.6 is 0 Å². The minimum Gasteiger partial charge on any atom is -0.396 e. The number of nitrogens with one attached hydrogen (secondary N) is 2. The van der Waals surface area contributed by atoms with E-state index in [1.165, 1.54) is 0 Å². The van der Waals surface area contributed by atoms with Gasteiger partial charge in [-0.1, -0.05) is 6.07 Å². The molecule has 26 heavy (non-hydrogen) atoms. The van der Waals surface area contributed by atoms with Crippen molar-refractivity contribution in [2.45, 2.75) is 12.8 Å². The Morgan fingerprint density at radius 2 is 2.08 bits per heavy atom. The van der Waals surface area contributed by atoms with Gasteiger partial charge in [0.2, 0.25) is 0 Å². The summed E-state index contributed by atoms with van der Waals surface area (Å²) in [7, 11) is 0. The molecular weight excluding hydrogens is 328 g/mol. The Labute approximate surface area is 151 Å². The van der Waals surface area contributed by atoms with E-state index in [9.17, 15) is 9.90 Å². The number of carbonyl (C=O) groups excluding carboxylic acids is 1. The second-order valence-electron chi connectivity index (χ2n) is 6.69. The first kappa shape index (κ1) is 16.6. The Morgan fingerprint density at radius 3 is 2.88 bits per heavy atom. The number of aliphatic hydroxyl groups excluding tert-OH is 1. The van der Waals surface area contributed by atoms with Crippen LogP contribution in [0.1, 0.15) is 23.2 Å². The SMILES string of the molecule is O=C(Nc1cccnc1N1CCC(CO)CC1)c1cccc2[nH]ccc12. The summed E-state index contributed by atoms with van der Waals surface area (Å²) in [6.45, 7) is 1.90. The summed E-state index contributed by atoms with van der Waals surface area (Å²) in [5.41, 5.74) is 2.29. The number of H-pyrrole nitrogens is 1. The number of aromatic nitrogens is 2. The van der Waals surface area contributed by atoms with Gasteiger partial charge >= 0.3 is 0 Å². The number of hydrogen-bond acceptors (Lipinski definition) is 4. The molecule has 2 aromatic heterocycles. The molecule has 1 fully saturated rings. The Bertz CT molecular complexity index is 913. The van der Waals surface area contributed by atoms with Gasteiger partial charge in [-0.25, -0.2) is 4.98 Å². The Kier molecular flexibility index (Phi) is 4.58. The van der Waals surface area contributed by atoms with Crippen LogP contribution in [0.4, 0.5) is 11.5 Å². The van der Waals surface area contributed by atoms with Gasteiger partial charge in [0, 0.05) is 48.6 Å². The average molecular weight is 350 g/mol. The number of benzene rings is 1. The summed E-state index contributed by atoms with van der Waals surface area (Å²) in [6, 6.07) is 11.3. The highest BCUT2D eigenvalue weighted by Gasteiger charge is 2.22. The van der Waals surface area contributed by atoms with Crippen LogP contribution in [0.25, 0.3) is 10.9 Å². The smallest absolute Gasteiger partial charge is 0.256 e. The molecule has 3 N–H and O–H groups in total. The van der Waals surface area contributed by atoms with Crippen molar-refractivity contribution in [3.63, 3.8) is 0 Å². The number of pyridine rings is 1. The zero-order valence-corrected chi connectivity index (χ0v) is 14.5. The fourth-order valence-electron chi connectivity index (χ4n) is 3.55. The summed E-state index contributed by atoms with van der Waals surface area (Å²) in [6.07, 6.45) is 5.45. The minimum atomic E-state index is -0.144. The minimum absolute atomic E-state index is 0.144. The molecule has 0 bridgehead atoms. The maximum Gasteiger partial charge on any atom is 0.256 e. The standard InChI is InChI=1S/C20H22N4O2/c25-13-14-7-11-24(12-8-14)19-18(5-2-9-22-19)23-20(26)16-3-1-4-17-15(16)6-10-21-17/h1-6,9-10,14,21,25H,7-8,11-13H2,(H,23,26). The van der Waals surface area contributed by atoms with Gasteiger partial charge < -0.3 is 20.3 Å². The summed E-state index contributed by atoms with van der Waals surface area (Å²) >= 11 is 0. The van der Waals surface area contributed by atoms with Crippen LogP contribution in [0, 0.1) is 5.92 Å². The molecule has 134 valence electrons. The van der Waals surface area contributed by atoms with Crippen molar-refractivity contribution in [3.05, 3.63) is 54.4 Å². The van der Waals surface area contributed by atoms with E-state index in [1.54, 1.807) is 6.20 Å². The Hall–Kier alpha value is -2.86. The van der Waals surface area contributed by atoms with Crippen molar-refractivity contribution in [2.24, 2.45) is 5.92 Å². The number of hydrogen-bond donors (Lipinski definition) is 3. The van der Waals surface area contributed by atoms with E-state index >= 15 is 0 Å². The maximum absolute atomic E-state index is 12.9. The fourth-order valence-corrected chi connectivity index (χ4v) is 3.55. The third-order valence-electron chi connectivity index (χ3n) is 5.05. The van der Waals surface area contributed by atoms with Gasteiger partial charge in [0.1, 0.15) is 0 Å². The molecular formula is C20H22N4O2. The molecule has 3 heterocycles. The molecule has 6 nitrogen and oxygen atoms in total. The second-order valence-corrected chi connectivity index (χ2v) is 6.69. The number of carbonyl (C=O) groups is 1. The summed E-state index contributed by atoms with van der Waals surface area (Å²) < 4.78 is 0. The van der Waals surface area contributed by atoms with Crippen molar-refractivity contribution in [1.29, 1.82) is 0 Å². The van der Waals surface area contributed by atoms with Crippen molar-refractivity contribution in [3.8, 4) is 0 Å². The predicted molar refractivity (Wildman–Crippen MR) is 103 cm³/mol. The van der Waals surface area contributed by atoms with E-state index in [0.29, 0.717) is 17.2 Å². The molecule has 1 aliphatic heterocycles. The van der Waals surface area contributed by atoms with Gasteiger partial charge in [-0.05, 0) is 49.1 Å². The van der Waals surface area contributed by atoms with Gasteiger partial charge in [-0.15, -0.1) is 0 Å². The number of rotatable bonds is 4. The van der Waals surface area contributed by atoms with Gasteiger partial charge in [-0.2, -0.15) is 0 Å². The molecule has 0 saturated carbocycles. The molecule has 6 heteroatoms. The first-order valence-corrected chi connectivity index (χ1v) is 8.94. The number of anilines is 2. The quantitative estimate of drug-likeness (QED) is 0.676. The van der Waals surface area contributed by atoms with E-state index in [2.05, 4.69) is 20.2 Å². The molecule has 3 aromatic rings. The van der Waals surface area contributed by atoms with Crippen LogP contribution in [-0.4, -0.2) is 40.7 Å². The third-order valence-corrected chi connectivity index (χ3v) is 5.05. The van der Waals surface area contributed by atoms with E-state index < -0.39 is 0 Å². The first-order chi connectivity index (χ1) is 12.8. The molecule has 1 saturated heterocycles. The first-order valence-electron chi connectivity index (χ1n) is 8.94. The maximum atomic E-state index is 12.9. The van der Waals surface area contributed by atoms with E-state index in [-0.39, 0.29) is 12.5 Å². The van der Waals surface area contributed by atoms with Crippen molar-refractivity contribution >= 4 is 28.3 Å². The molecule has 1 aliphatic rings. The van der Waals surface area contributed by atoms with E-state index in [1.807, 2.05) is 42.6 Å². The molecule has 4 rings (SSSR count). The largest absolute Gasteiger partial charge is 0.396 e. The van der Waals surface area contributed by atoms with Crippen molar-refractivity contribution in [2.75, 3.05) is 29.9 Å². The zero-order chi connectivity index (χ0) is 17.9. The van der Waals surface area contributed by atoms with Crippen LogP contribution in [0.5, 0.6) is 0 Å². The lowest BCUT2D eigenvalue weighted by Crippen LogP contribution is -2.35. The number of amides is 1. The average Bonchev–Trinajstić information content (AvgIpc) is 3.17. The third kappa shape index (κ3) is 3.15. The zero-order valence-electron chi connectivity index (χ0n) is 14.5. The predicted octanol–water partition coefficient (Wildman–Crippen LogP) is 3.02. The number of piperidine rings is 1. The normalized spacial score (nSPS) is 15.3. The van der Waals surface area contributed by atoms with E-state index in [4.69, 9.17) is 0 Å². The lowest BCUT2D eigenvalue weighted by atomic mass is 9.98. The van der Waals surface area contributed by atoms with Gasteiger partial charge in [0.05, 0.1) is 5.69 Å². The number of nitrogens with zero attached hydrogens (tertiary/aromatic N) is 2. The number of aromatic amines is 1. The van der Waals surface area contributed by atoms with Crippen LogP contribution in [-0.2, 0) is 0 Å².